The molecule has 2 amide bonds. The van der Waals surface area contributed by atoms with E-state index in [2.05, 4.69) is 5.32 Å². The Hall–Kier alpha value is -2.24. The zero-order valence-corrected chi connectivity index (χ0v) is 17.1. The largest absolute Gasteiger partial charge is 0.497 e. The lowest BCUT2D eigenvalue weighted by Gasteiger charge is -2.32. The molecule has 2 aromatic rings. The van der Waals surface area contributed by atoms with Gasteiger partial charge in [-0.2, -0.15) is 0 Å². The second-order valence-corrected chi connectivity index (χ2v) is 7.60. The molecule has 1 heterocycles. The van der Waals surface area contributed by atoms with E-state index < -0.39 is 0 Å². The van der Waals surface area contributed by atoms with Crippen molar-refractivity contribution in [3.8, 4) is 5.75 Å². The molecule has 0 aromatic heterocycles. The summed E-state index contributed by atoms with van der Waals surface area (Å²) in [6, 6.07) is 12.4. The van der Waals surface area contributed by atoms with Gasteiger partial charge in [0.2, 0.25) is 5.91 Å². The average Bonchev–Trinajstić information content (AvgIpc) is 2.73. The van der Waals surface area contributed by atoms with Crippen molar-refractivity contribution in [3.63, 3.8) is 0 Å². The number of nitrogens with zero attached hydrogens (tertiary/aromatic N) is 1. The summed E-state index contributed by atoms with van der Waals surface area (Å²) in [5.41, 5.74) is 1.44. The molecular formula is C21H22Cl2N2O3. The molecule has 7 heteroatoms. The Morgan fingerprint density at radius 3 is 2.75 bits per heavy atom. The molecule has 1 aliphatic rings. The molecule has 2 aromatic carbocycles. The van der Waals surface area contributed by atoms with Crippen LogP contribution in [-0.2, 0) is 11.3 Å². The number of piperidine rings is 1. The first-order valence-electron chi connectivity index (χ1n) is 9.13. The lowest BCUT2D eigenvalue weighted by Crippen LogP contribution is -2.45. The lowest BCUT2D eigenvalue weighted by atomic mass is 9.96. The van der Waals surface area contributed by atoms with Gasteiger partial charge < -0.3 is 15.0 Å². The summed E-state index contributed by atoms with van der Waals surface area (Å²) in [7, 11) is 1.61. The predicted molar refractivity (Wildman–Crippen MR) is 110 cm³/mol. The molecular weight excluding hydrogens is 399 g/mol. The molecule has 148 valence electrons. The fourth-order valence-electron chi connectivity index (χ4n) is 3.30. The van der Waals surface area contributed by atoms with E-state index in [1.54, 1.807) is 30.2 Å². The van der Waals surface area contributed by atoms with Crippen molar-refractivity contribution in [2.45, 2.75) is 19.4 Å². The maximum Gasteiger partial charge on any atom is 0.253 e. The molecule has 1 unspecified atom stereocenters. The van der Waals surface area contributed by atoms with E-state index in [0.29, 0.717) is 35.2 Å². The first kappa shape index (κ1) is 20.5. The Kier molecular flexibility index (Phi) is 6.81. The van der Waals surface area contributed by atoms with E-state index in [-0.39, 0.29) is 17.7 Å². The molecule has 0 aliphatic carbocycles. The van der Waals surface area contributed by atoms with E-state index in [1.165, 1.54) is 0 Å². The number of hydrogen-bond donors (Lipinski definition) is 1. The predicted octanol–water partition coefficient (Wildman–Crippen LogP) is 4.17. The number of carbonyl (C=O) groups is 2. The third kappa shape index (κ3) is 4.97. The van der Waals surface area contributed by atoms with Gasteiger partial charge in [-0.1, -0.05) is 35.3 Å². The van der Waals surface area contributed by atoms with Crippen molar-refractivity contribution < 1.29 is 14.3 Å². The molecule has 1 atom stereocenters. The number of ether oxygens (including phenoxy) is 1. The maximum atomic E-state index is 12.8. The van der Waals surface area contributed by atoms with Crippen molar-refractivity contribution in [1.82, 2.24) is 10.2 Å². The number of benzene rings is 2. The zero-order chi connectivity index (χ0) is 20.1. The number of halogens is 2. The Labute approximate surface area is 174 Å². The summed E-state index contributed by atoms with van der Waals surface area (Å²) in [6.07, 6.45) is 1.54. The molecule has 0 radical (unpaired) electrons. The summed E-state index contributed by atoms with van der Waals surface area (Å²) in [5.74, 6) is 0.340. The zero-order valence-electron chi connectivity index (χ0n) is 15.6. The second-order valence-electron chi connectivity index (χ2n) is 6.79. The van der Waals surface area contributed by atoms with Crippen LogP contribution in [0.2, 0.25) is 10.0 Å². The summed E-state index contributed by atoms with van der Waals surface area (Å²) in [4.78, 5) is 27.1. The third-order valence-electron chi connectivity index (χ3n) is 4.85. The van der Waals surface area contributed by atoms with Gasteiger partial charge in [0.15, 0.2) is 0 Å². The minimum atomic E-state index is -0.230. The van der Waals surface area contributed by atoms with Gasteiger partial charge in [0.1, 0.15) is 5.75 Å². The second kappa shape index (κ2) is 9.30. The van der Waals surface area contributed by atoms with Gasteiger partial charge in [-0.25, -0.2) is 0 Å². The summed E-state index contributed by atoms with van der Waals surface area (Å²) < 4.78 is 5.20. The monoisotopic (exact) mass is 420 g/mol. The van der Waals surface area contributed by atoms with Crippen molar-refractivity contribution in [1.29, 1.82) is 0 Å². The van der Waals surface area contributed by atoms with Crippen molar-refractivity contribution in [2.24, 2.45) is 5.92 Å². The van der Waals surface area contributed by atoms with Gasteiger partial charge in [-0.3, -0.25) is 9.59 Å². The molecule has 3 rings (SSSR count). The number of hydrogen-bond acceptors (Lipinski definition) is 3. The number of nitrogens with one attached hydrogen (secondary N) is 1. The minimum Gasteiger partial charge on any atom is -0.497 e. The lowest BCUT2D eigenvalue weighted by molar-refractivity contribution is -0.126. The first-order valence-corrected chi connectivity index (χ1v) is 9.88. The summed E-state index contributed by atoms with van der Waals surface area (Å²) >= 11 is 11.9. The van der Waals surface area contributed by atoms with Crippen LogP contribution >= 0.6 is 23.2 Å². The topological polar surface area (TPSA) is 58.6 Å². The highest BCUT2D eigenvalue weighted by Crippen LogP contribution is 2.25. The molecule has 0 saturated carbocycles. The first-order chi connectivity index (χ1) is 13.5. The quantitative estimate of drug-likeness (QED) is 0.789. The average molecular weight is 421 g/mol. The highest BCUT2D eigenvalue weighted by atomic mass is 35.5. The molecule has 1 fully saturated rings. The van der Waals surface area contributed by atoms with Crippen LogP contribution in [0.3, 0.4) is 0 Å². The van der Waals surface area contributed by atoms with Crippen LogP contribution in [0.15, 0.2) is 42.5 Å². The maximum absolute atomic E-state index is 12.8. The van der Waals surface area contributed by atoms with Gasteiger partial charge in [0.25, 0.3) is 5.91 Å². The van der Waals surface area contributed by atoms with E-state index in [0.717, 1.165) is 24.2 Å². The molecule has 5 nitrogen and oxygen atoms in total. The van der Waals surface area contributed by atoms with Gasteiger partial charge in [-0.15, -0.1) is 0 Å². The van der Waals surface area contributed by atoms with Crippen LogP contribution in [0.25, 0.3) is 0 Å². The highest BCUT2D eigenvalue weighted by molar-refractivity contribution is 6.42. The van der Waals surface area contributed by atoms with Crippen LogP contribution in [0.4, 0.5) is 0 Å². The van der Waals surface area contributed by atoms with E-state index in [4.69, 9.17) is 27.9 Å². The highest BCUT2D eigenvalue weighted by Gasteiger charge is 2.29. The smallest absolute Gasteiger partial charge is 0.253 e. The van der Waals surface area contributed by atoms with Crippen molar-refractivity contribution in [3.05, 3.63) is 63.6 Å². The van der Waals surface area contributed by atoms with Crippen LogP contribution < -0.4 is 10.1 Å². The van der Waals surface area contributed by atoms with Crippen LogP contribution in [0, 0.1) is 5.92 Å². The Bertz CT molecular complexity index is 872. The number of carbonyl (C=O) groups excluding carboxylic acids is 2. The standard InChI is InChI=1S/C21H22Cl2N2O3/c1-28-17-6-2-4-14(10-17)12-24-20(26)16-5-3-9-25(13-16)21(27)15-7-8-18(22)19(23)11-15/h2,4,6-8,10-11,16H,3,5,9,12-13H2,1H3,(H,24,26). The van der Waals surface area contributed by atoms with E-state index >= 15 is 0 Å². The van der Waals surface area contributed by atoms with Gasteiger partial charge in [0.05, 0.1) is 23.1 Å². The number of likely N-dealkylation sites (tertiary alicyclic amines) is 1. The van der Waals surface area contributed by atoms with Crippen LogP contribution in [0.1, 0.15) is 28.8 Å². The normalized spacial score (nSPS) is 16.5. The van der Waals surface area contributed by atoms with Crippen LogP contribution in [0.5, 0.6) is 5.75 Å². The minimum absolute atomic E-state index is 0.0468. The van der Waals surface area contributed by atoms with Gasteiger partial charge in [-0.05, 0) is 48.7 Å². The fourth-order valence-corrected chi connectivity index (χ4v) is 3.60. The van der Waals surface area contributed by atoms with Gasteiger partial charge >= 0.3 is 0 Å². The van der Waals surface area contributed by atoms with Crippen LogP contribution in [-0.4, -0.2) is 36.9 Å². The number of amides is 2. The Morgan fingerprint density at radius 1 is 1.18 bits per heavy atom. The number of methoxy groups -OCH3 is 1. The molecule has 0 bridgehead atoms. The Balaban J connectivity index is 1.59. The fraction of sp³-hybridized carbons (Fsp3) is 0.333. The molecule has 28 heavy (non-hydrogen) atoms. The van der Waals surface area contributed by atoms with E-state index in [9.17, 15) is 9.59 Å². The number of rotatable bonds is 5. The van der Waals surface area contributed by atoms with Crippen molar-refractivity contribution >= 4 is 35.0 Å². The molecule has 1 N–H and O–H groups in total. The molecule has 1 aliphatic heterocycles. The summed E-state index contributed by atoms with van der Waals surface area (Å²) in [6.45, 7) is 1.44. The van der Waals surface area contributed by atoms with E-state index in [1.807, 2.05) is 24.3 Å². The summed E-state index contributed by atoms with van der Waals surface area (Å²) in [5, 5.41) is 3.72. The van der Waals surface area contributed by atoms with Crippen molar-refractivity contribution in [2.75, 3.05) is 20.2 Å². The van der Waals surface area contributed by atoms with Gasteiger partial charge in [0, 0.05) is 25.2 Å². The molecule has 0 spiro atoms. The SMILES string of the molecule is COc1cccc(CNC(=O)C2CCCN(C(=O)c3ccc(Cl)c(Cl)c3)C2)c1. The molecule has 1 saturated heterocycles. The Morgan fingerprint density at radius 2 is 2.00 bits per heavy atom. The third-order valence-corrected chi connectivity index (χ3v) is 5.59.